The van der Waals surface area contributed by atoms with Gasteiger partial charge in [0.15, 0.2) is 74.9 Å². The van der Waals surface area contributed by atoms with Gasteiger partial charge in [0, 0.05) is 36.4 Å². The Bertz CT molecular complexity index is 7070. The van der Waals surface area contributed by atoms with Crippen LogP contribution in [0.1, 0.15) is 61.3 Å². The number of nitrogens with two attached hydrogens (primary N) is 4. The Kier molecular flexibility index (Phi) is 25.6. The van der Waals surface area contributed by atoms with E-state index in [2.05, 4.69) is 69.3 Å². The average Bonchev–Trinajstić information content (AvgIpc) is 2.03. The number of aromatic nitrogens is 20. The van der Waals surface area contributed by atoms with Crippen molar-refractivity contribution in [2.45, 2.75) is 160 Å². The molecule has 16 heterocycles. The van der Waals surface area contributed by atoms with Crippen LogP contribution < -0.4 is 67.7 Å². The van der Waals surface area contributed by atoms with E-state index in [1.54, 1.807) is 0 Å². The number of phosphoric ester groups is 4. The summed E-state index contributed by atoms with van der Waals surface area (Å²) in [5, 5.41) is 77.2. The van der Waals surface area contributed by atoms with Crippen LogP contribution in [0.4, 0.5) is 23.8 Å². The summed E-state index contributed by atoms with van der Waals surface area (Å²) >= 11 is 0. The predicted molar refractivity (Wildman–Crippen MR) is 426 cm³/mol. The Labute approximate surface area is 730 Å². The second-order valence-electron chi connectivity index (χ2n) is 30.5. The van der Waals surface area contributed by atoms with Crippen molar-refractivity contribution in [1.82, 2.24) is 97.2 Å². The molecule has 28 N–H and O–H groups in total. The third kappa shape index (κ3) is 18.3. The van der Waals surface area contributed by atoms with E-state index >= 15 is 4.57 Å². The number of rotatable bonds is 32. The van der Waals surface area contributed by atoms with Crippen molar-refractivity contribution in [2.75, 3.05) is 62.6 Å². The number of aliphatic hydroxyl groups is 7. The number of ether oxygens (including phenoxy) is 6. The lowest BCUT2D eigenvalue weighted by molar-refractivity contribution is -0.0763. The lowest BCUT2D eigenvalue weighted by Crippen LogP contribution is -2.50. The summed E-state index contributed by atoms with van der Waals surface area (Å²) in [4.78, 5) is 225. The van der Waals surface area contributed by atoms with Crippen molar-refractivity contribution in [3.8, 4) is 0 Å². The maximum absolute atomic E-state index is 15.4. The molecule has 10 aromatic rings. The van der Waals surface area contributed by atoms with Crippen LogP contribution >= 0.6 is 46.5 Å². The van der Waals surface area contributed by atoms with Crippen molar-refractivity contribution in [1.29, 1.82) is 0 Å². The minimum Gasteiger partial charge on any atom is -0.390 e. The summed E-state index contributed by atoms with van der Waals surface area (Å²) in [6, 6.07) is 0. The molecule has 0 aliphatic carbocycles. The van der Waals surface area contributed by atoms with Crippen molar-refractivity contribution in [3.63, 3.8) is 0 Å². The van der Waals surface area contributed by atoms with Crippen molar-refractivity contribution >= 4 is 115 Å². The van der Waals surface area contributed by atoms with Crippen LogP contribution in [-0.4, -0.2) is 303 Å². The average molecular weight is 2010 g/mol. The van der Waals surface area contributed by atoms with Gasteiger partial charge in [0.25, 0.3) is 33.4 Å². The van der Waals surface area contributed by atoms with Crippen LogP contribution in [0.25, 0.3) is 44.7 Å². The van der Waals surface area contributed by atoms with Gasteiger partial charge in [-0.15, -0.1) is 0 Å². The molecule has 16 rings (SSSR count). The molecule has 5 unspecified atom stereocenters. The van der Waals surface area contributed by atoms with Crippen molar-refractivity contribution in [2.24, 2.45) is 0 Å². The molecule has 0 amide bonds. The normalized spacial score (nSPS) is 31.5. The number of nitrogens with one attached hydrogen (secondary N) is 6. The lowest BCUT2D eigenvalue weighted by atomic mass is 10.1. The van der Waals surface area contributed by atoms with Crippen molar-refractivity contribution < 1.29 is 167 Å². The number of phosphoric acid groups is 4. The van der Waals surface area contributed by atoms with Crippen LogP contribution in [0.2, 0.25) is 0 Å². The monoisotopic (exact) mass is 2010 g/mol. The van der Waals surface area contributed by atoms with Crippen molar-refractivity contribution in [3.05, 3.63) is 132 Å². The van der Waals surface area contributed by atoms with Gasteiger partial charge in [-0.3, -0.25) is 127 Å². The van der Waals surface area contributed by atoms with Crippen LogP contribution in [0, 0.1) is 13.8 Å². The number of nitrogen functional groups attached to an aromatic ring is 4. The zero-order valence-corrected chi connectivity index (χ0v) is 72.4. The van der Waals surface area contributed by atoms with Gasteiger partial charge in [0.05, 0.1) is 71.1 Å². The van der Waals surface area contributed by atoms with E-state index < -0.39 is 339 Å². The van der Waals surface area contributed by atoms with Crippen LogP contribution in [0.15, 0.2) is 76.1 Å². The highest BCUT2D eigenvalue weighted by molar-refractivity contribution is 7.55. The molecule has 724 valence electrons. The molecule has 0 saturated carbocycles. The Balaban J connectivity index is 0.677. The highest BCUT2D eigenvalue weighted by Crippen LogP contribution is 2.67. The first-order valence-electron chi connectivity index (χ1n) is 38.2. The Morgan fingerprint density at radius 2 is 0.744 bits per heavy atom. The summed E-state index contributed by atoms with van der Waals surface area (Å²) < 4.78 is 173. The predicted octanol–water partition coefficient (Wildman–Crippen LogP) is -9.07. The molecule has 67 nitrogen and oxygen atoms in total. The number of aliphatic hydroxyl groups excluding tert-OH is 5. The summed E-state index contributed by atoms with van der Waals surface area (Å²) in [5.74, 6) is -2.34. The number of aryl methyl sites for hydroxylation is 2. The molecule has 0 spiro atoms. The van der Waals surface area contributed by atoms with E-state index in [-0.39, 0.29) is 17.5 Å². The largest absolute Gasteiger partial charge is 0.472 e. The summed E-state index contributed by atoms with van der Waals surface area (Å²) in [6.07, 6.45) is -41.1. The molecule has 6 saturated heterocycles. The van der Waals surface area contributed by atoms with E-state index in [9.17, 15) is 131 Å². The Morgan fingerprint density at radius 1 is 0.406 bits per heavy atom. The van der Waals surface area contributed by atoms with Gasteiger partial charge in [-0.1, -0.05) is 0 Å². The molecule has 133 heavy (non-hydrogen) atoms. The first kappa shape index (κ1) is 96.3. The van der Waals surface area contributed by atoms with Crippen LogP contribution in [0.5, 0.6) is 0 Å². The van der Waals surface area contributed by atoms with Crippen LogP contribution in [0.3, 0.4) is 0 Å². The van der Waals surface area contributed by atoms with E-state index in [0.717, 1.165) is 49.6 Å². The number of fused-ring (bicyclic) bond motifs is 4. The van der Waals surface area contributed by atoms with Gasteiger partial charge in [-0.2, -0.15) is 19.9 Å². The molecular formula is C60H76N24O43P6. The smallest absolute Gasteiger partial charge is 0.390 e. The molecule has 73 heteroatoms. The van der Waals surface area contributed by atoms with E-state index in [1.807, 2.05) is 4.98 Å². The maximum atomic E-state index is 15.4. The SMILES string of the molecule is Cc1cn([C@H]2C[C@H](O)[C@@H](COP(=O)(O)O[C@H]3[C@@H](O)[C@H](n4cnc5c(=O)[nH]c(N)nc54)O[C@@H]3COP(=O)(O)O[C@H]3[C@@H](O)[C@H](n4cnc5c(=O)[nH]c(N)nc54)O[C@@H]3COP(=O)(O)O[C@H]3[C@@H](O)[C@H](n4cnc5c(=O)[nH]c(N)nc54)O[C@@H]3COP(=O)(O)[C@@]3(O)[C@@H](COP(=O)(O)[C@]4(O)C[C@H](n5cc(C)c(=O)[nH]c5=O)O[C@@H]4COP(=O)(O)O)O[C@@H](n4cnc5c(=O)[nH]c(N)nc54)[C@@H]3O)O2)c(=O)[nH]c1=O. The Hall–Kier alpha value is -9.82. The van der Waals surface area contributed by atoms with Gasteiger partial charge >= 0.3 is 57.9 Å². The van der Waals surface area contributed by atoms with E-state index in [4.69, 9.17) is 87.5 Å². The molecule has 10 aromatic heterocycles. The second-order valence-corrected chi connectivity index (χ2v) is 40.0. The maximum Gasteiger partial charge on any atom is 0.472 e. The van der Waals surface area contributed by atoms with Gasteiger partial charge < -0.3 is 130 Å². The van der Waals surface area contributed by atoms with E-state index in [1.165, 1.54) is 13.8 Å². The fourth-order valence-electron chi connectivity index (χ4n) is 15.4. The number of hydrogen-bond donors (Lipinski definition) is 24. The molecule has 0 radical (unpaired) electrons. The molecule has 6 fully saturated rings. The third-order valence-electron chi connectivity index (χ3n) is 21.9. The molecule has 6 aliphatic heterocycles. The molecule has 27 atom stereocenters. The standard InChI is InChI=1S/C60H76N24O43P6/c1-17-5-79(57(96)77-43(17)90)26-3-19(85)20(119-26)7-116-131(107,108)126-36-22(121-50(33(36)87)82-14-66-29-40(82)70-54(62)74-46(29)93)9-118-133(111,112)127-37-23(122-51(34(37)88)83-15-67-30-41(83)71-55(63)75-47(30)94)10-117-132(109,110)125-35-21(120-49(32(35)86)81-13-65-28-39(81)69-53(61)73-45(28)92)8-113-129(102,103)60(99)25(124-52(38(60)89)84-16-68-31-42(84)72-56(64)76-48(31)95)12-114-128(100,101)59(98)4-27(123-24(59)11-115-130(104,105)106)80-6-18(2)44(91)78-58(80)97/h5-6,13-16,19-27,32-38,49-52,85-89,98-99H,3-4,7-12H2,1-2H3,(H,100,101)(H,102,103)(H,107,108)(H,109,110)(H,111,112)(H,77,90,96)(H,78,91,97)(H2,104,105,106)(H3,61,69,73,92)(H3,62,70,74,93)(H3,63,71,75,94)(H3,64,72,76,95)/t19-,20+,21+,22+,23+,24+,25+,26+,27+,32+,33+,34+,35+,36+,37+,38-,49+,50+,51+,52+,59+,60-/m0/s1. The summed E-state index contributed by atoms with van der Waals surface area (Å²) in [6.45, 7) is -6.46. The minimum absolute atomic E-state index is 0.0540. The highest BCUT2D eigenvalue weighted by atomic mass is 31.2. The number of imidazole rings is 4. The molecule has 0 aromatic carbocycles. The molecule has 6 aliphatic rings. The highest BCUT2D eigenvalue weighted by Gasteiger charge is 2.70. The molecule has 0 bridgehead atoms. The zero-order valence-electron chi connectivity index (χ0n) is 67.0. The van der Waals surface area contributed by atoms with Gasteiger partial charge in [-0.25, -0.2) is 47.8 Å². The van der Waals surface area contributed by atoms with E-state index in [0.29, 0.717) is 15.5 Å². The number of aromatic amines is 6. The number of nitrogens with zero attached hydrogens (tertiary/aromatic N) is 14. The van der Waals surface area contributed by atoms with Gasteiger partial charge in [-0.05, 0) is 13.8 Å². The summed E-state index contributed by atoms with van der Waals surface area (Å²) in [7, 11) is -36.3. The quantitative estimate of drug-likeness (QED) is 0.0174. The lowest BCUT2D eigenvalue weighted by Gasteiger charge is -2.36. The number of anilines is 4. The molecular weight excluding hydrogens is 1930 g/mol. The fraction of sp³-hybridized carbons (Fsp3) is 0.533. The zero-order chi connectivity index (χ0) is 96.1. The summed E-state index contributed by atoms with van der Waals surface area (Å²) in [5.41, 5.74) is 11.2. The minimum atomic E-state index is -6.56. The first-order chi connectivity index (χ1) is 62.2. The Morgan fingerprint density at radius 3 is 1.12 bits per heavy atom. The second kappa shape index (κ2) is 35.4. The number of H-pyrrole nitrogens is 6. The number of hydrogen-bond acceptors (Lipinski definition) is 48. The van der Waals surface area contributed by atoms with Gasteiger partial charge in [0.1, 0.15) is 91.8 Å². The van der Waals surface area contributed by atoms with Gasteiger partial charge in [0.2, 0.25) is 29.1 Å². The first-order valence-corrected chi connectivity index (χ1v) is 47.3. The third-order valence-corrected chi connectivity index (χ3v) is 29.2. The fourth-order valence-corrected chi connectivity index (χ4v) is 21.6. The van der Waals surface area contributed by atoms with Crippen LogP contribution in [-0.2, 0) is 96.5 Å². The topological polar surface area (TPSA) is 992 Å².